The van der Waals surface area contributed by atoms with Gasteiger partial charge in [0, 0.05) is 5.69 Å². The summed E-state index contributed by atoms with van der Waals surface area (Å²) in [7, 11) is 0. The second-order valence-electron chi connectivity index (χ2n) is 3.74. The number of carbonyl (C=O) groups excluding carboxylic acids is 2. The summed E-state index contributed by atoms with van der Waals surface area (Å²) in [6.07, 6.45) is 0. The molecule has 2 heterocycles. The molecule has 1 aromatic heterocycles. The number of aromatic amines is 1. The minimum absolute atomic E-state index is 0.0123. The van der Waals surface area contributed by atoms with Crippen molar-refractivity contribution in [2.45, 2.75) is 0 Å². The number of ether oxygens (including phenoxy) is 1. The zero-order chi connectivity index (χ0) is 13.2. The summed E-state index contributed by atoms with van der Waals surface area (Å²) in [6.45, 7) is -0.0123. The lowest BCUT2D eigenvalue weighted by atomic mass is 10.2. The van der Waals surface area contributed by atoms with Crippen molar-refractivity contribution in [1.29, 1.82) is 0 Å². The molecule has 0 radical (unpaired) electrons. The Morgan fingerprint density at radius 2 is 2.32 bits per heavy atom. The topological polar surface area (TPSA) is 122 Å². The van der Waals surface area contributed by atoms with E-state index >= 15 is 0 Å². The largest absolute Gasteiger partial charge is 0.482 e. The van der Waals surface area contributed by atoms with E-state index in [1.807, 2.05) is 0 Å². The van der Waals surface area contributed by atoms with E-state index in [2.05, 4.69) is 31.3 Å². The Balaban J connectivity index is 1.81. The van der Waals surface area contributed by atoms with E-state index in [1.165, 1.54) is 0 Å². The van der Waals surface area contributed by atoms with Gasteiger partial charge in [0.25, 0.3) is 17.6 Å². The molecule has 0 aliphatic carbocycles. The maximum absolute atomic E-state index is 11.7. The van der Waals surface area contributed by atoms with Crippen molar-refractivity contribution < 1.29 is 14.3 Å². The maximum Gasteiger partial charge on any atom is 0.297 e. The van der Waals surface area contributed by atoms with Gasteiger partial charge >= 0.3 is 0 Å². The number of aromatic nitrogens is 4. The standard InChI is InChI=1S/C10H8N6O3/c17-8-4-19-7-2-1-5(3-6(7)12-8)11-10(18)9-13-15-16-14-9/h1-3H,4H2,(H,11,18)(H,12,17)(H,13,14,15,16). The van der Waals surface area contributed by atoms with Gasteiger partial charge in [-0.1, -0.05) is 0 Å². The molecule has 9 heteroatoms. The number of amides is 2. The molecule has 3 N–H and O–H groups in total. The van der Waals surface area contributed by atoms with E-state index in [4.69, 9.17) is 4.74 Å². The van der Waals surface area contributed by atoms with Crippen molar-refractivity contribution in [3.05, 3.63) is 24.0 Å². The molecule has 0 atom stereocenters. The number of carbonyl (C=O) groups is 2. The summed E-state index contributed by atoms with van der Waals surface area (Å²) < 4.78 is 5.20. The molecule has 0 unspecified atom stereocenters. The third-order valence-corrected chi connectivity index (χ3v) is 2.42. The fraction of sp³-hybridized carbons (Fsp3) is 0.100. The SMILES string of the molecule is O=C1COc2ccc(NC(=O)c3nn[nH]n3)cc2N1. The lowest BCUT2D eigenvalue weighted by Gasteiger charge is -2.18. The number of nitrogens with one attached hydrogen (secondary N) is 3. The van der Waals surface area contributed by atoms with E-state index in [1.54, 1.807) is 18.2 Å². The van der Waals surface area contributed by atoms with Gasteiger partial charge in [-0.2, -0.15) is 5.21 Å². The molecule has 3 rings (SSSR count). The Labute approximate surface area is 106 Å². The highest BCUT2D eigenvalue weighted by Gasteiger charge is 2.17. The zero-order valence-electron chi connectivity index (χ0n) is 9.51. The van der Waals surface area contributed by atoms with E-state index in [-0.39, 0.29) is 18.3 Å². The van der Waals surface area contributed by atoms with Crippen molar-refractivity contribution in [2.24, 2.45) is 0 Å². The normalized spacial score (nSPS) is 13.2. The van der Waals surface area contributed by atoms with Crippen LogP contribution in [0.25, 0.3) is 0 Å². The molecule has 0 saturated heterocycles. The van der Waals surface area contributed by atoms with Crippen LogP contribution in [0.1, 0.15) is 10.6 Å². The number of tetrazole rings is 1. The quantitative estimate of drug-likeness (QED) is 0.686. The highest BCUT2D eigenvalue weighted by atomic mass is 16.5. The summed E-state index contributed by atoms with van der Waals surface area (Å²) in [5.41, 5.74) is 0.988. The average Bonchev–Trinajstić information content (AvgIpc) is 2.92. The van der Waals surface area contributed by atoms with Crippen LogP contribution in [-0.4, -0.2) is 39.0 Å². The predicted molar refractivity (Wildman–Crippen MR) is 62.7 cm³/mol. The van der Waals surface area contributed by atoms with Crippen molar-refractivity contribution in [3.63, 3.8) is 0 Å². The molecule has 9 nitrogen and oxygen atoms in total. The highest BCUT2D eigenvalue weighted by molar-refractivity contribution is 6.02. The fourth-order valence-electron chi connectivity index (χ4n) is 1.61. The first kappa shape index (κ1) is 11.1. The zero-order valence-corrected chi connectivity index (χ0v) is 9.51. The summed E-state index contributed by atoms with van der Waals surface area (Å²) in [4.78, 5) is 22.9. The highest BCUT2D eigenvalue weighted by Crippen LogP contribution is 2.30. The molecule has 1 aliphatic rings. The average molecular weight is 260 g/mol. The monoisotopic (exact) mass is 260 g/mol. The van der Waals surface area contributed by atoms with Gasteiger partial charge in [0.1, 0.15) is 5.75 Å². The van der Waals surface area contributed by atoms with Crippen molar-refractivity contribution in [1.82, 2.24) is 20.6 Å². The molecule has 0 saturated carbocycles. The molecular formula is C10H8N6O3. The summed E-state index contributed by atoms with van der Waals surface area (Å²) in [5.74, 6) is -0.263. The number of benzene rings is 1. The first-order valence-electron chi connectivity index (χ1n) is 5.34. The first-order chi connectivity index (χ1) is 9.22. The minimum atomic E-state index is -0.503. The molecule has 0 bridgehead atoms. The van der Waals surface area contributed by atoms with Crippen LogP contribution < -0.4 is 15.4 Å². The predicted octanol–water partition coefficient (Wildman–Crippen LogP) is -0.217. The molecular weight excluding hydrogens is 252 g/mol. The minimum Gasteiger partial charge on any atom is -0.482 e. The van der Waals surface area contributed by atoms with Crippen LogP contribution in [-0.2, 0) is 4.79 Å². The van der Waals surface area contributed by atoms with Gasteiger partial charge in [0.2, 0.25) is 0 Å². The van der Waals surface area contributed by atoms with Gasteiger partial charge in [-0.05, 0) is 23.4 Å². The van der Waals surface area contributed by atoms with E-state index < -0.39 is 5.91 Å². The number of H-pyrrole nitrogens is 1. The number of rotatable bonds is 2. The van der Waals surface area contributed by atoms with Crippen LogP contribution >= 0.6 is 0 Å². The molecule has 0 spiro atoms. The van der Waals surface area contributed by atoms with E-state index in [0.29, 0.717) is 17.1 Å². The summed E-state index contributed by atoms with van der Waals surface area (Å²) >= 11 is 0. The smallest absolute Gasteiger partial charge is 0.297 e. The molecule has 19 heavy (non-hydrogen) atoms. The molecule has 1 aliphatic heterocycles. The van der Waals surface area contributed by atoms with Crippen LogP contribution in [0.3, 0.4) is 0 Å². The fourth-order valence-corrected chi connectivity index (χ4v) is 1.61. The van der Waals surface area contributed by atoms with Crippen LogP contribution in [0, 0.1) is 0 Å². The molecule has 0 fully saturated rings. The number of anilines is 2. The van der Waals surface area contributed by atoms with Gasteiger partial charge in [-0.15, -0.1) is 10.2 Å². The number of hydrogen-bond donors (Lipinski definition) is 3. The third kappa shape index (κ3) is 2.20. The Kier molecular flexibility index (Phi) is 2.56. The third-order valence-electron chi connectivity index (χ3n) is 2.42. The van der Waals surface area contributed by atoms with Gasteiger partial charge in [-0.3, -0.25) is 9.59 Å². The van der Waals surface area contributed by atoms with Gasteiger partial charge in [0.15, 0.2) is 6.61 Å². The first-order valence-corrected chi connectivity index (χ1v) is 5.34. The second kappa shape index (κ2) is 4.37. The van der Waals surface area contributed by atoms with Crippen LogP contribution in [0.5, 0.6) is 5.75 Å². The van der Waals surface area contributed by atoms with E-state index in [0.717, 1.165) is 0 Å². The van der Waals surface area contributed by atoms with Gasteiger partial charge in [-0.25, -0.2) is 0 Å². The van der Waals surface area contributed by atoms with Crippen LogP contribution in [0.2, 0.25) is 0 Å². The van der Waals surface area contributed by atoms with Crippen molar-refractivity contribution in [3.8, 4) is 5.75 Å². The van der Waals surface area contributed by atoms with Gasteiger partial charge < -0.3 is 15.4 Å². The summed E-state index contributed by atoms with van der Waals surface area (Å²) in [6, 6.07) is 4.89. The lowest BCUT2D eigenvalue weighted by Crippen LogP contribution is -2.25. The maximum atomic E-state index is 11.7. The Bertz CT molecular complexity index is 639. The second-order valence-corrected chi connectivity index (χ2v) is 3.74. The van der Waals surface area contributed by atoms with E-state index in [9.17, 15) is 9.59 Å². The number of hydrogen-bond acceptors (Lipinski definition) is 6. The van der Waals surface area contributed by atoms with Gasteiger partial charge in [0.05, 0.1) is 5.69 Å². The molecule has 2 aromatic rings. The summed E-state index contributed by atoms with van der Waals surface area (Å²) in [5, 5.41) is 17.8. The molecule has 1 aromatic carbocycles. The molecule has 2 amide bonds. The number of nitrogens with zero attached hydrogens (tertiary/aromatic N) is 3. The number of fused-ring (bicyclic) bond motifs is 1. The van der Waals surface area contributed by atoms with Crippen LogP contribution in [0.15, 0.2) is 18.2 Å². The van der Waals surface area contributed by atoms with Crippen LogP contribution in [0.4, 0.5) is 11.4 Å². The Hall–Kier alpha value is -2.97. The van der Waals surface area contributed by atoms with Crippen molar-refractivity contribution in [2.75, 3.05) is 17.2 Å². The Morgan fingerprint density at radius 3 is 3.11 bits per heavy atom. The molecule has 96 valence electrons. The van der Waals surface area contributed by atoms with Crippen molar-refractivity contribution >= 4 is 23.2 Å². The Morgan fingerprint density at radius 1 is 1.42 bits per heavy atom. The lowest BCUT2D eigenvalue weighted by molar-refractivity contribution is -0.118.